The lowest BCUT2D eigenvalue weighted by atomic mass is 10.1. The second kappa shape index (κ2) is 5.81. The number of ether oxygens (including phenoxy) is 1. The van der Waals surface area contributed by atoms with E-state index in [-0.39, 0.29) is 5.75 Å². The Kier molecular flexibility index (Phi) is 3.88. The molecule has 0 atom stereocenters. The Morgan fingerprint density at radius 3 is 2.67 bits per heavy atom. The molecule has 0 saturated heterocycles. The molecule has 2 aromatic rings. The molecule has 0 amide bonds. The highest BCUT2D eigenvalue weighted by Crippen LogP contribution is 2.26. The SMILES string of the molecule is Cn1cc(CNC2CC2)c(-c2ccc(OC(F)F)cc2)n1. The maximum absolute atomic E-state index is 12.1. The van der Waals surface area contributed by atoms with E-state index in [9.17, 15) is 8.78 Å². The van der Waals surface area contributed by atoms with Gasteiger partial charge in [0.25, 0.3) is 0 Å². The third-order valence-corrected chi connectivity index (χ3v) is 3.42. The number of aromatic nitrogens is 2. The lowest BCUT2D eigenvalue weighted by molar-refractivity contribution is -0.0498. The summed E-state index contributed by atoms with van der Waals surface area (Å²) in [7, 11) is 1.87. The number of aryl methyl sites for hydroxylation is 1. The predicted molar refractivity (Wildman–Crippen MR) is 75.1 cm³/mol. The Hall–Kier alpha value is -1.95. The van der Waals surface area contributed by atoms with E-state index in [4.69, 9.17) is 0 Å². The van der Waals surface area contributed by atoms with E-state index in [2.05, 4.69) is 15.2 Å². The maximum Gasteiger partial charge on any atom is 0.387 e. The normalized spacial score (nSPS) is 14.7. The summed E-state index contributed by atoms with van der Waals surface area (Å²) in [5, 5.41) is 7.91. The van der Waals surface area contributed by atoms with Crippen molar-refractivity contribution in [1.82, 2.24) is 15.1 Å². The number of halogens is 2. The molecule has 1 aliphatic carbocycles. The van der Waals surface area contributed by atoms with Gasteiger partial charge in [0.1, 0.15) is 5.75 Å². The van der Waals surface area contributed by atoms with Crippen LogP contribution in [0.4, 0.5) is 8.78 Å². The number of hydrogen-bond acceptors (Lipinski definition) is 3. The van der Waals surface area contributed by atoms with E-state index in [1.54, 1.807) is 16.8 Å². The molecule has 0 aliphatic heterocycles. The van der Waals surface area contributed by atoms with Crippen molar-refractivity contribution in [2.24, 2.45) is 7.05 Å². The Labute approximate surface area is 121 Å². The zero-order valence-electron chi connectivity index (χ0n) is 11.7. The van der Waals surface area contributed by atoms with Crippen molar-refractivity contribution >= 4 is 0 Å². The van der Waals surface area contributed by atoms with Gasteiger partial charge in [0.15, 0.2) is 0 Å². The summed E-state index contributed by atoms with van der Waals surface area (Å²) in [5.74, 6) is 0.155. The molecule has 1 aromatic carbocycles. The van der Waals surface area contributed by atoms with Gasteiger partial charge in [-0.05, 0) is 37.1 Å². The molecule has 1 fully saturated rings. The molecule has 112 valence electrons. The highest BCUT2D eigenvalue weighted by atomic mass is 19.3. The van der Waals surface area contributed by atoms with Gasteiger partial charge in [0.2, 0.25) is 0 Å². The first-order valence-corrected chi connectivity index (χ1v) is 6.93. The number of benzene rings is 1. The highest BCUT2D eigenvalue weighted by Gasteiger charge is 2.21. The van der Waals surface area contributed by atoms with Gasteiger partial charge >= 0.3 is 6.61 Å². The van der Waals surface area contributed by atoms with Gasteiger partial charge in [-0.3, -0.25) is 4.68 Å². The number of nitrogens with zero attached hydrogens (tertiary/aromatic N) is 2. The van der Waals surface area contributed by atoms with Crippen molar-refractivity contribution in [1.29, 1.82) is 0 Å². The van der Waals surface area contributed by atoms with Gasteiger partial charge in [-0.15, -0.1) is 0 Å². The standard InChI is InChI=1S/C15H17F2N3O/c1-20-9-11(8-18-12-4-5-12)14(19-20)10-2-6-13(7-3-10)21-15(16)17/h2-3,6-7,9,12,15,18H,4-5,8H2,1H3. The van der Waals surface area contributed by atoms with Crippen LogP contribution in [0.2, 0.25) is 0 Å². The molecule has 0 unspecified atom stereocenters. The number of nitrogens with one attached hydrogen (secondary N) is 1. The third-order valence-electron chi connectivity index (χ3n) is 3.42. The van der Waals surface area contributed by atoms with Gasteiger partial charge in [-0.1, -0.05) is 0 Å². The fourth-order valence-corrected chi connectivity index (χ4v) is 2.25. The summed E-state index contributed by atoms with van der Waals surface area (Å²) in [4.78, 5) is 0. The zero-order valence-corrected chi connectivity index (χ0v) is 11.7. The van der Waals surface area contributed by atoms with Crippen LogP contribution < -0.4 is 10.1 Å². The molecule has 1 aliphatic rings. The largest absolute Gasteiger partial charge is 0.435 e. The van der Waals surface area contributed by atoms with E-state index in [1.807, 2.05) is 13.2 Å². The van der Waals surface area contributed by atoms with Crippen LogP contribution in [0, 0.1) is 0 Å². The lowest BCUT2D eigenvalue weighted by Gasteiger charge is -2.06. The second-order valence-corrected chi connectivity index (χ2v) is 5.23. The van der Waals surface area contributed by atoms with Crippen LogP contribution in [0.15, 0.2) is 30.5 Å². The maximum atomic E-state index is 12.1. The average molecular weight is 293 g/mol. The Bertz CT molecular complexity index is 606. The van der Waals surface area contributed by atoms with Crippen LogP contribution in [-0.4, -0.2) is 22.4 Å². The third kappa shape index (κ3) is 3.58. The first-order valence-electron chi connectivity index (χ1n) is 6.93. The molecule has 21 heavy (non-hydrogen) atoms. The topological polar surface area (TPSA) is 39.1 Å². The second-order valence-electron chi connectivity index (χ2n) is 5.23. The van der Waals surface area contributed by atoms with E-state index in [0.717, 1.165) is 23.4 Å². The summed E-state index contributed by atoms with van der Waals surface area (Å²) in [6, 6.07) is 7.20. The molecule has 4 nitrogen and oxygen atoms in total. The minimum Gasteiger partial charge on any atom is -0.435 e. The van der Waals surface area contributed by atoms with Gasteiger partial charge < -0.3 is 10.1 Å². The minimum absolute atomic E-state index is 0.155. The molecule has 1 heterocycles. The first kappa shape index (κ1) is 14.0. The molecule has 3 rings (SSSR count). The van der Waals surface area contributed by atoms with Crippen molar-refractivity contribution in [2.75, 3.05) is 0 Å². The van der Waals surface area contributed by atoms with Crippen LogP contribution >= 0.6 is 0 Å². The lowest BCUT2D eigenvalue weighted by Crippen LogP contribution is -2.15. The fourth-order valence-electron chi connectivity index (χ4n) is 2.25. The number of rotatable bonds is 6. The predicted octanol–water partition coefficient (Wildman–Crippen LogP) is 2.94. The van der Waals surface area contributed by atoms with Crippen molar-refractivity contribution in [3.8, 4) is 17.0 Å². The van der Waals surface area contributed by atoms with E-state index in [1.165, 1.54) is 25.0 Å². The molecule has 1 saturated carbocycles. The van der Waals surface area contributed by atoms with Crippen molar-refractivity contribution < 1.29 is 13.5 Å². The summed E-state index contributed by atoms with van der Waals surface area (Å²) in [6.07, 6.45) is 4.44. The summed E-state index contributed by atoms with van der Waals surface area (Å²) < 4.78 is 30.4. The molecular weight excluding hydrogens is 276 g/mol. The monoisotopic (exact) mass is 293 g/mol. The quantitative estimate of drug-likeness (QED) is 0.890. The average Bonchev–Trinajstić information content (AvgIpc) is 3.19. The Morgan fingerprint density at radius 2 is 2.05 bits per heavy atom. The summed E-state index contributed by atoms with van der Waals surface area (Å²) in [6.45, 7) is -2.03. The molecule has 0 spiro atoms. The van der Waals surface area contributed by atoms with Crippen molar-refractivity contribution in [3.05, 3.63) is 36.0 Å². The smallest absolute Gasteiger partial charge is 0.387 e. The van der Waals surface area contributed by atoms with Crippen molar-refractivity contribution in [3.63, 3.8) is 0 Å². The van der Waals surface area contributed by atoms with Gasteiger partial charge in [0, 0.05) is 37.0 Å². The van der Waals surface area contributed by atoms with Crippen LogP contribution in [0.1, 0.15) is 18.4 Å². The molecule has 0 bridgehead atoms. The van der Waals surface area contributed by atoms with Crippen molar-refractivity contribution in [2.45, 2.75) is 32.0 Å². The first-order chi connectivity index (χ1) is 10.1. The molecule has 6 heteroatoms. The van der Waals surface area contributed by atoms with Gasteiger partial charge in [0.05, 0.1) is 5.69 Å². The Morgan fingerprint density at radius 1 is 1.33 bits per heavy atom. The Balaban J connectivity index is 1.78. The van der Waals surface area contributed by atoms with Crippen LogP contribution in [-0.2, 0) is 13.6 Å². The molecule has 1 aromatic heterocycles. The van der Waals surface area contributed by atoms with Crippen LogP contribution in [0.3, 0.4) is 0 Å². The minimum atomic E-state index is -2.80. The number of hydrogen-bond donors (Lipinski definition) is 1. The summed E-state index contributed by atoms with van der Waals surface area (Å²) >= 11 is 0. The highest BCUT2D eigenvalue weighted by molar-refractivity contribution is 5.63. The van der Waals surface area contributed by atoms with E-state index in [0.29, 0.717) is 6.04 Å². The van der Waals surface area contributed by atoms with Gasteiger partial charge in [-0.25, -0.2) is 0 Å². The van der Waals surface area contributed by atoms with E-state index < -0.39 is 6.61 Å². The summed E-state index contributed by atoms with van der Waals surface area (Å²) in [5.41, 5.74) is 2.87. The van der Waals surface area contributed by atoms with Gasteiger partial charge in [-0.2, -0.15) is 13.9 Å². The van der Waals surface area contributed by atoms with Crippen LogP contribution in [0.25, 0.3) is 11.3 Å². The number of alkyl halides is 2. The zero-order chi connectivity index (χ0) is 14.8. The molecule has 1 N–H and O–H groups in total. The van der Waals surface area contributed by atoms with Crippen LogP contribution in [0.5, 0.6) is 5.75 Å². The fraction of sp³-hybridized carbons (Fsp3) is 0.400. The molecule has 0 radical (unpaired) electrons. The molecular formula is C15H17F2N3O. The van der Waals surface area contributed by atoms with E-state index >= 15 is 0 Å².